The summed E-state index contributed by atoms with van der Waals surface area (Å²) in [5.41, 5.74) is 0. The molecule has 0 saturated heterocycles. The van der Waals surface area contributed by atoms with Gasteiger partial charge in [-0.15, -0.1) is 0 Å². The predicted molar refractivity (Wildman–Crippen MR) is 94.7 cm³/mol. The van der Waals surface area contributed by atoms with Crippen molar-refractivity contribution in [2.75, 3.05) is 26.8 Å². The molecule has 0 heterocycles. The minimum Gasteiger partial charge on any atom is -0.395 e. The van der Waals surface area contributed by atoms with Crippen molar-refractivity contribution < 1.29 is 19.6 Å². The van der Waals surface area contributed by atoms with E-state index in [1.807, 2.05) is 7.11 Å². The monoisotopic (exact) mass is 353 g/mol. The average Bonchev–Trinajstić information content (AvgIpc) is 2.63. The lowest BCUT2D eigenvalue weighted by atomic mass is 9.53. The van der Waals surface area contributed by atoms with E-state index < -0.39 is 5.79 Å². The summed E-state index contributed by atoms with van der Waals surface area (Å²) >= 11 is 0. The number of rotatable bonds is 8. The van der Waals surface area contributed by atoms with Gasteiger partial charge in [0.1, 0.15) is 0 Å². The molecule has 5 aliphatic carbocycles. The van der Waals surface area contributed by atoms with Crippen LogP contribution in [-0.4, -0.2) is 43.8 Å². The topological polar surface area (TPSA) is 60.0 Å². The molecule has 144 valence electrons. The molecule has 5 nitrogen and oxygen atoms in total. The van der Waals surface area contributed by atoms with Crippen LogP contribution in [0, 0.1) is 29.6 Å². The van der Waals surface area contributed by atoms with Crippen LogP contribution in [-0.2, 0) is 14.5 Å². The largest absolute Gasteiger partial charge is 0.395 e. The van der Waals surface area contributed by atoms with Crippen molar-refractivity contribution in [3.63, 3.8) is 0 Å². The van der Waals surface area contributed by atoms with Gasteiger partial charge >= 0.3 is 0 Å². The Morgan fingerprint density at radius 1 is 0.960 bits per heavy atom. The molecule has 0 radical (unpaired) electrons. The number of hydrogen-bond acceptors (Lipinski definition) is 5. The Bertz CT molecular complexity index is 407. The van der Waals surface area contributed by atoms with Crippen LogP contribution in [0.3, 0.4) is 0 Å². The number of methoxy groups -OCH3 is 1. The fraction of sp³-hybridized carbons (Fsp3) is 1.00. The van der Waals surface area contributed by atoms with Crippen molar-refractivity contribution in [1.82, 2.24) is 5.32 Å². The molecule has 0 aliphatic heterocycles. The van der Waals surface area contributed by atoms with Crippen molar-refractivity contribution in [2.24, 2.45) is 29.6 Å². The Hall–Kier alpha value is -0.200. The Balaban J connectivity index is 1.27. The number of nitrogens with one attached hydrogen (secondary N) is 1. The molecule has 2 N–H and O–H groups in total. The molecule has 5 aliphatic rings. The molecule has 0 spiro atoms. The Labute approximate surface area is 151 Å². The van der Waals surface area contributed by atoms with Crippen molar-refractivity contribution in [3.8, 4) is 0 Å². The van der Waals surface area contributed by atoms with Crippen LogP contribution in [0.15, 0.2) is 0 Å². The fourth-order valence-electron chi connectivity index (χ4n) is 6.31. The van der Waals surface area contributed by atoms with Crippen LogP contribution in [0.25, 0.3) is 0 Å². The van der Waals surface area contributed by atoms with Crippen molar-refractivity contribution >= 4 is 0 Å². The highest BCUT2D eigenvalue weighted by atomic mass is 17.2. The Kier molecular flexibility index (Phi) is 5.68. The first-order valence-corrected chi connectivity index (χ1v) is 10.4. The maximum Gasteiger partial charge on any atom is 0.207 e. The number of aliphatic hydroxyl groups is 1. The summed E-state index contributed by atoms with van der Waals surface area (Å²) in [6.07, 6.45) is 11.1. The van der Waals surface area contributed by atoms with E-state index in [0.717, 1.165) is 31.2 Å². The second kappa shape index (κ2) is 7.81. The highest BCUT2D eigenvalue weighted by Gasteiger charge is 2.60. The van der Waals surface area contributed by atoms with Gasteiger partial charge in [-0.25, -0.2) is 9.78 Å². The van der Waals surface area contributed by atoms with Gasteiger partial charge in [-0.05, 0) is 82.1 Å². The fourth-order valence-corrected chi connectivity index (χ4v) is 6.31. The van der Waals surface area contributed by atoms with E-state index in [-0.39, 0.29) is 12.7 Å². The van der Waals surface area contributed by atoms with Crippen LogP contribution >= 0.6 is 0 Å². The van der Waals surface area contributed by atoms with E-state index >= 15 is 0 Å². The van der Waals surface area contributed by atoms with Gasteiger partial charge in [0.05, 0.1) is 12.7 Å². The van der Waals surface area contributed by atoms with Gasteiger partial charge in [0, 0.05) is 25.5 Å². The molecule has 5 heteroatoms. The van der Waals surface area contributed by atoms with Crippen LogP contribution in [0.5, 0.6) is 0 Å². The third-order valence-corrected chi connectivity index (χ3v) is 7.42. The summed E-state index contributed by atoms with van der Waals surface area (Å²) in [5, 5.41) is 12.2. The zero-order chi connectivity index (χ0) is 17.3. The first-order valence-electron chi connectivity index (χ1n) is 10.4. The lowest BCUT2D eigenvalue weighted by Gasteiger charge is -2.58. The van der Waals surface area contributed by atoms with E-state index in [0.29, 0.717) is 24.3 Å². The molecular formula is C20H35NO4. The Morgan fingerprint density at radius 3 is 2.16 bits per heavy atom. The van der Waals surface area contributed by atoms with Crippen LogP contribution in [0.2, 0.25) is 0 Å². The van der Waals surface area contributed by atoms with Gasteiger partial charge in [-0.1, -0.05) is 0 Å². The summed E-state index contributed by atoms with van der Waals surface area (Å²) in [5.74, 6) is 3.06. The number of hydrogen-bond donors (Lipinski definition) is 2. The molecule has 0 aromatic rings. The highest BCUT2D eigenvalue weighted by Crippen LogP contribution is 2.60. The predicted octanol–water partition coefficient (Wildman–Crippen LogP) is 2.87. The highest BCUT2D eigenvalue weighted by molar-refractivity contribution is 5.03. The van der Waals surface area contributed by atoms with Crippen molar-refractivity contribution in [1.29, 1.82) is 0 Å². The van der Waals surface area contributed by atoms with Gasteiger partial charge in [0.15, 0.2) is 0 Å². The number of ether oxygens (including phenoxy) is 1. The summed E-state index contributed by atoms with van der Waals surface area (Å²) in [6, 6.07) is 0. The quantitative estimate of drug-likeness (QED) is 0.304. The second-order valence-electron chi connectivity index (χ2n) is 8.98. The van der Waals surface area contributed by atoms with E-state index in [1.54, 1.807) is 0 Å². The first kappa shape index (κ1) is 18.2. The normalized spacial score (nSPS) is 45.8. The second-order valence-corrected chi connectivity index (χ2v) is 8.98. The minimum absolute atomic E-state index is 0.207. The van der Waals surface area contributed by atoms with E-state index in [9.17, 15) is 0 Å². The zero-order valence-electron chi connectivity index (χ0n) is 15.6. The van der Waals surface area contributed by atoms with Gasteiger partial charge in [-0.2, -0.15) is 0 Å². The molecular weight excluding hydrogens is 318 g/mol. The summed E-state index contributed by atoms with van der Waals surface area (Å²) in [7, 11) is 1.81. The van der Waals surface area contributed by atoms with E-state index in [1.165, 1.54) is 44.9 Å². The standard InChI is InChI=1S/C20H35NO4/c1-23-20(17-9-15-8-16(11-17)12-18(20)10-15)25-24-19-4-2-14(3-5-19)13-21-6-7-22/h14-19,21-22H,2-13H2,1H3. The van der Waals surface area contributed by atoms with Crippen LogP contribution < -0.4 is 5.32 Å². The summed E-state index contributed by atoms with van der Waals surface area (Å²) in [4.78, 5) is 12.1. The van der Waals surface area contributed by atoms with Gasteiger partial charge < -0.3 is 15.2 Å². The third-order valence-electron chi connectivity index (χ3n) is 7.42. The summed E-state index contributed by atoms with van der Waals surface area (Å²) < 4.78 is 6.01. The molecule has 5 fully saturated rings. The lowest BCUT2D eigenvalue weighted by molar-refractivity contribution is -0.485. The van der Waals surface area contributed by atoms with Gasteiger partial charge in [0.2, 0.25) is 5.79 Å². The van der Waals surface area contributed by atoms with Crippen LogP contribution in [0.1, 0.15) is 57.8 Å². The van der Waals surface area contributed by atoms with Gasteiger partial charge in [0.25, 0.3) is 0 Å². The van der Waals surface area contributed by atoms with Crippen LogP contribution in [0.4, 0.5) is 0 Å². The Morgan fingerprint density at radius 2 is 1.60 bits per heavy atom. The SMILES string of the molecule is COC1(OOC2CCC(CNCCO)CC2)C2CC3CC(C2)CC1C3. The number of aliphatic hydroxyl groups excluding tert-OH is 1. The molecule has 0 atom stereocenters. The molecule has 0 unspecified atom stereocenters. The smallest absolute Gasteiger partial charge is 0.207 e. The molecule has 25 heavy (non-hydrogen) atoms. The maximum absolute atomic E-state index is 8.86. The molecule has 5 saturated carbocycles. The summed E-state index contributed by atoms with van der Waals surface area (Å²) in [6.45, 7) is 1.92. The maximum atomic E-state index is 8.86. The van der Waals surface area contributed by atoms with Gasteiger partial charge in [-0.3, -0.25) is 0 Å². The molecule has 0 aromatic carbocycles. The lowest BCUT2D eigenvalue weighted by Crippen LogP contribution is -2.60. The van der Waals surface area contributed by atoms with E-state index in [2.05, 4.69) is 5.32 Å². The molecule has 0 aromatic heterocycles. The van der Waals surface area contributed by atoms with Crippen molar-refractivity contribution in [2.45, 2.75) is 69.7 Å². The third kappa shape index (κ3) is 3.63. The molecule has 4 bridgehead atoms. The minimum atomic E-state index is -0.479. The molecule has 5 rings (SSSR count). The zero-order valence-corrected chi connectivity index (χ0v) is 15.6. The average molecular weight is 354 g/mol. The van der Waals surface area contributed by atoms with E-state index in [4.69, 9.17) is 19.6 Å². The molecule has 0 amide bonds. The van der Waals surface area contributed by atoms with Crippen molar-refractivity contribution in [3.05, 3.63) is 0 Å². The first-order chi connectivity index (χ1) is 12.2.